The zero-order valence-corrected chi connectivity index (χ0v) is 13.3. The fourth-order valence-corrected chi connectivity index (χ4v) is 2.93. The van der Waals surface area contributed by atoms with Gasteiger partial charge in [0.15, 0.2) is 5.15 Å². The highest BCUT2D eigenvalue weighted by atomic mass is 35.5. The Morgan fingerprint density at radius 2 is 2.00 bits per heavy atom. The number of imidazole rings is 1. The highest BCUT2D eigenvalue weighted by Gasteiger charge is 2.14. The number of nitrogens with zero attached hydrogens (tertiary/aromatic N) is 3. The number of thiol groups is 1. The average Bonchev–Trinajstić information content (AvgIpc) is 2.89. The van der Waals surface area contributed by atoms with Gasteiger partial charge in [-0.1, -0.05) is 29.8 Å². The van der Waals surface area contributed by atoms with Gasteiger partial charge in [0.25, 0.3) is 0 Å². The highest BCUT2D eigenvalue weighted by molar-refractivity contribution is 7.71. The molecule has 0 saturated heterocycles. The lowest BCUT2D eigenvalue weighted by molar-refractivity contribution is 0.614. The predicted octanol–water partition coefficient (Wildman–Crippen LogP) is 2.84. The Morgan fingerprint density at radius 3 is 2.65 bits per heavy atom. The van der Waals surface area contributed by atoms with Crippen LogP contribution in [-0.2, 0) is 16.5 Å². The summed E-state index contributed by atoms with van der Waals surface area (Å²) in [5.74, 6) is 0.0618. The molecule has 0 aliphatic carbocycles. The van der Waals surface area contributed by atoms with E-state index in [2.05, 4.69) is 9.97 Å². The Labute approximate surface area is 138 Å². The van der Waals surface area contributed by atoms with Crippen LogP contribution in [0.3, 0.4) is 0 Å². The van der Waals surface area contributed by atoms with Crippen molar-refractivity contribution in [1.82, 2.24) is 14.5 Å². The van der Waals surface area contributed by atoms with Gasteiger partial charge in [0, 0.05) is 11.8 Å². The number of pyridine rings is 1. The van der Waals surface area contributed by atoms with E-state index >= 15 is 0 Å². The molecule has 0 N–H and O–H groups in total. The van der Waals surface area contributed by atoms with Gasteiger partial charge in [-0.25, -0.2) is 22.8 Å². The van der Waals surface area contributed by atoms with Crippen molar-refractivity contribution in [1.29, 1.82) is 0 Å². The van der Waals surface area contributed by atoms with Crippen LogP contribution in [0.25, 0.3) is 17.1 Å². The minimum atomic E-state index is -2.50. The second-order valence-electron chi connectivity index (χ2n) is 4.78. The molecule has 0 unspecified atom stereocenters. The molecule has 0 amide bonds. The van der Waals surface area contributed by atoms with Crippen molar-refractivity contribution in [2.45, 2.75) is 5.75 Å². The van der Waals surface area contributed by atoms with E-state index in [9.17, 15) is 12.8 Å². The smallest absolute Gasteiger partial charge is 0.155 e. The molecule has 0 saturated carbocycles. The number of hydrogen-bond donors (Lipinski definition) is 1. The first-order chi connectivity index (χ1) is 11.0. The van der Waals surface area contributed by atoms with E-state index in [-0.39, 0.29) is 16.7 Å². The monoisotopic (exact) mass is 351 g/mol. The standard InChI is InChI=1S/C15H11ClFN3O2S/c16-15-14(11-2-1-3-12(17)6-11)20(9-19-15)13-5-4-10(7-18-13)8-23(21)22/h1-7,9,23H,8H2. The summed E-state index contributed by atoms with van der Waals surface area (Å²) in [6, 6.07) is 9.33. The summed E-state index contributed by atoms with van der Waals surface area (Å²) in [5.41, 5.74) is 1.67. The maximum Gasteiger partial charge on any atom is 0.155 e. The van der Waals surface area contributed by atoms with E-state index in [0.29, 0.717) is 22.6 Å². The van der Waals surface area contributed by atoms with Crippen LogP contribution in [-0.4, -0.2) is 23.0 Å². The predicted molar refractivity (Wildman–Crippen MR) is 85.8 cm³/mol. The summed E-state index contributed by atoms with van der Waals surface area (Å²) < 4.78 is 36.6. The number of rotatable bonds is 4. The molecule has 0 spiro atoms. The summed E-state index contributed by atoms with van der Waals surface area (Å²) in [4.78, 5) is 8.27. The molecule has 0 radical (unpaired) electrons. The lowest BCUT2D eigenvalue weighted by Crippen LogP contribution is -2.00. The Balaban J connectivity index is 2.04. The summed E-state index contributed by atoms with van der Waals surface area (Å²) in [6.45, 7) is 0. The SMILES string of the molecule is O=[SH](=O)Cc1ccc(-n2cnc(Cl)c2-c2cccc(F)c2)nc1. The summed E-state index contributed by atoms with van der Waals surface area (Å²) in [5, 5.41) is 0.226. The summed E-state index contributed by atoms with van der Waals surface area (Å²) in [7, 11) is -2.50. The minimum absolute atomic E-state index is 0.0654. The molecule has 0 aliphatic heterocycles. The molecule has 0 fully saturated rings. The molecule has 5 nitrogen and oxygen atoms in total. The van der Waals surface area contributed by atoms with Crippen LogP contribution in [0, 0.1) is 5.82 Å². The van der Waals surface area contributed by atoms with Crippen molar-refractivity contribution in [3.63, 3.8) is 0 Å². The normalized spacial score (nSPS) is 11.1. The first kappa shape index (κ1) is 15.6. The third-order valence-corrected chi connectivity index (χ3v) is 4.09. The van der Waals surface area contributed by atoms with Gasteiger partial charge >= 0.3 is 0 Å². The van der Waals surface area contributed by atoms with E-state index < -0.39 is 10.7 Å². The van der Waals surface area contributed by atoms with Crippen LogP contribution in [0.1, 0.15) is 5.56 Å². The minimum Gasteiger partial charge on any atom is -0.281 e. The average molecular weight is 352 g/mol. The molecule has 0 atom stereocenters. The highest BCUT2D eigenvalue weighted by Crippen LogP contribution is 2.29. The van der Waals surface area contributed by atoms with Gasteiger partial charge in [0.1, 0.15) is 28.7 Å². The van der Waals surface area contributed by atoms with Crippen LogP contribution in [0.2, 0.25) is 5.15 Å². The Bertz CT molecular complexity index is 915. The van der Waals surface area contributed by atoms with Crippen LogP contribution >= 0.6 is 11.6 Å². The van der Waals surface area contributed by atoms with Crippen molar-refractivity contribution < 1.29 is 12.8 Å². The van der Waals surface area contributed by atoms with Crippen LogP contribution in [0.4, 0.5) is 4.39 Å². The van der Waals surface area contributed by atoms with Crippen molar-refractivity contribution in [2.75, 3.05) is 0 Å². The number of aromatic nitrogens is 3. The molecule has 23 heavy (non-hydrogen) atoms. The zero-order valence-electron chi connectivity index (χ0n) is 11.7. The first-order valence-corrected chi connectivity index (χ1v) is 8.34. The van der Waals surface area contributed by atoms with Crippen LogP contribution < -0.4 is 0 Å². The van der Waals surface area contributed by atoms with Crippen molar-refractivity contribution in [3.8, 4) is 17.1 Å². The van der Waals surface area contributed by atoms with Crippen LogP contribution in [0.15, 0.2) is 48.9 Å². The maximum absolute atomic E-state index is 13.5. The van der Waals surface area contributed by atoms with Crippen LogP contribution in [0.5, 0.6) is 0 Å². The van der Waals surface area contributed by atoms with Crippen molar-refractivity contribution >= 4 is 22.3 Å². The fourth-order valence-electron chi connectivity index (χ4n) is 2.20. The van der Waals surface area contributed by atoms with Gasteiger partial charge in [-0.05, 0) is 23.8 Å². The van der Waals surface area contributed by atoms with E-state index in [1.165, 1.54) is 24.7 Å². The van der Waals surface area contributed by atoms with Gasteiger partial charge in [0.2, 0.25) is 0 Å². The fraction of sp³-hybridized carbons (Fsp3) is 0.0667. The lowest BCUT2D eigenvalue weighted by Gasteiger charge is -2.08. The van der Waals surface area contributed by atoms with E-state index in [4.69, 9.17) is 11.6 Å². The quantitative estimate of drug-likeness (QED) is 0.734. The van der Waals surface area contributed by atoms with Gasteiger partial charge < -0.3 is 0 Å². The first-order valence-electron chi connectivity index (χ1n) is 6.60. The van der Waals surface area contributed by atoms with Gasteiger partial charge in [-0.15, -0.1) is 0 Å². The second-order valence-corrected chi connectivity index (χ2v) is 6.12. The Hall–Kier alpha value is -2.25. The maximum atomic E-state index is 13.5. The van der Waals surface area contributed by atoms with E-state index in [1.54, 1.807) is 28.8 Å². The Kier molecular flexibility index (Phi) is 4.40. The number of benzene rings is 1. The largest absolute Gasteiger partial charge is 0.281 e. The van der Waals surface area contributed by atoms with Crippen molar-refractivity contribution in [3.05, 3.63) is 65.5 Å². The molecular weight excluding hydrogens is 341 g/mol. The molecule has 2 heterocycles. The molecule has 8 heteroatoms. The summed E-state index contributed by atoms with van der Waals surface area (Å²) >= 11 is 6.12. The van der Waals surface area contributed by atoms with Crippen molar-refractivity contribution in [2.24, 2.45) is 0 Å². The third kappa shape index (κ3) is 3.40. The summed E-state index contributed by atoms with van der Waals surface area (Å²) in [6.07, 6.45) is 2.96. The molecule has 0 bridgehead atoms. The van der Waals surface area contributed by atoms with Gasteiger partial charge in [0.05, 0.1) is 11.4 Å². The third-order valence-electron chi connectivity index (χ3n) is 3.19. The number of hydrogen-bond acceptors (Lipinski definition) is 4. The molecule has 3 aromatic rings. The second kappa shape index (κ2) is 6.47. The van der Waals surface area contributed by atoms with E-state index in [0.717, 1.165) is 0 Å². The molecule has 0 aliphatic rings. The number of halogens is 2. The van der Waals surface area contributed by atoms with Gasteiger partial charge in [-0.3, -0.25) is 4.57 Å². The van der Waals surface area contributed by atoms with Gasteiger partial charge in [-0.2, -0.15) is 0 Å². The lowest BCUT2D eigenvalue weighted by atomic mass is 10.1. The topological polar surface area (TPSA) is 64.8 Å². The molecule has 1 aromatic carbocycles. The molecule has 3 rings (SSSR count). The Morgan fingerprint density at radius 1 is 1.17 bits per heavy atom. The molecule has 2 aromatic heterocycles. The van der Waals surface area contributed by atoms with E-state index in [1.807, 2.05) is 0 Å². The molecule has 118 valence electrons. The zero-order chi connectivity index (χ0) is 16.4. The molecular formula is C15H11ClFN3O2S.